The number of anilines is 1. The van der Waals surface area contributed by atoms with E-state index in [0.717, 1.165) is 16.7 Å². The molecule has 0 saturated heterocycles. The van der Waals surface area contributed by atoms with E-state index in [-0.39, 0.29) is 21.7 Å². The van der Waals surface area contributed by atoms with E-state index >= 15 is 0 Å². The highest BCUT2D eigenvalue weighted by Gasteiger charge is 2.41. The van der Waals surface area contributed by atoms with Gasteiger partial charge in [-0.3, -0.25) is 14.8 Å². The van der Waals surface area contributed by atoms with E-state index in [4.69, 9.17) is 4.43 Å². The number of aromatic nitrogens is 2. The molecule has 8 heteroatoms. The van der Waals surface area contributed by atoms with Crippen LogP contribution < -0.4 is 4.90 Å². The number of allylic oxidation sites excluding steroid dienone is 2. The summed E-state index contributed by atoms with van der Waals surface area (Å²) in [6, 6.07) is 3.32. The molecule has 2 aromatic rings. The standard InChI is InChI=1S/C21H30N4O3Si/c1-8-24-17-13-19(25(26)27)18(12-16(17)14-22-24)23-11-9-10-20(15(23)2)28-29(6,7)21(3,4)5/h9-15H,8H2,1-7H3/t15-/m0/s1. The molecule has 1 aliphatic rings. The van der Waals surface area contributed by atoms with Gasteiger partial charge in [0, 0.05) is 24.2 Å². The fourth-order valence-electron chi connectivity index (χ4n) is 3.20. The number of rotatable bonds is 5. The summed E-state index contributed by atoms with van der Waals surface area (Å²) in [7, 11) is -2.02. The van der Waals surface area contributed by atoms with Gasteiger partial charge in [0.2, 0.25) is 8.32 Å². The summed E-state index contributed by atoms with van der Waals surface area (Å²) in [5, 5.41) is 17.2. The lowest BCUT2D eigenvalue weighted by molar-refractivity contribution is -0.384. The third-order valence-electron chi connectivity index (χ3n) is 6.03. The quantitative estimate of drug-likeness (QED) is 0.362. The second-order valence-electron chi connectivity index (χ2n) is 8.97. The molecule has 0 aliphatic carbocycles. The van der Waals surface area contributed by atoms with Crippen molar-refractivity contribution in [1.82, 2.24) is 9.78 Å². The SMILES string of the molecule is CCn1ncc2cc(N3C=CC=C(O[Si](C)(C)C(C)(C)C)[C@@H]3C)c([N+](=O)[O-])cc21. The van der Waals surface area contributed by atoms with Gasteiger partial charge in [0.15, 0.2) is 0 Å². The molecule has 0 bridgehead atoms. The number of nitrogens with zero attached hydrogens (tertiary/aromatic N) is 4. The van der Waals surface area contributed by atoms with E-state index in [1.165, 1.54) is 0 Å². The van der Waals surface area contributed by atoms with Crippen LogP contribution in [0.15, 0.2) is 42.4 Å². The van der Waals surface area contributed by atoms with Crippen LogP contribution in [0.5, 0.6) is 0 Å². The average molecular weight is 415 g/mol. The van der Waals surface area contributed by atoms with Crippen LogP contribution in [0.4, 0.5) is 11.4 Å². The first kappa shape index (κ1) is 21.1. The molecule has 0 N–H and O–H groups in total. The van der Waals surface area contributed by atoms with Crippen LogP contribution in [-0.4, -0.2) is 29.1 Å². The first-order valence-corrected chi connectivity index (χ1v) is 12.9. The molecule has 0 unspecified atom stereocenters. The van der Waals surface area contributed by atoms with Gasteiger partial charge in [0.1, 0.15) is 11.4 Å². The van der Waals surface area contributed by atoms with Gasteiger partial charge >= 0.3 is 0 Å². The zero-order valence-corrected chi connectivity index (χ0v) is 19.3. The van der Waals surface area contributed by atoms with Crippen LogP contribution in [0.2, 0.25) is 18.1 Å². The van der Waals surface area contributed by atoms with Crippen molar-refractivity contribution in [3.8, 4) is 0 Å². The molecule has 1 atom stereocenters. The highest BCUT2D eigenvalue weighted by atomic mass is 28.4. The molecule has 3 rings (SSSR count). The third-order valence-corrected chi connectivity index (χ3v) is 10.4. The molecule has 0 saturated carbocycles. The Labute approximate surface area is 172 Å². The van der Waals surface area contributed by atoms with E-state index in [1.54, 1.807) is 16.9 Å². The van der Waals surface area contributed by atoms with Crippen LogP contribution in [0.1, 0.15) is 34.6 Å². The first-order valence-electron chi connectivity index (χ1n) is 9.96. The maximum Gasteiger partial charge on any atom is 0.295 e. The number of nitro groups is 1. The summed E-state index contributed by atoms with van der Waals surface area (Å²) in [6.45, 7) is 15.7. The van der Waals surface area contributed by atoms with Crippen molar-refractivity contribution in [1.29, 1.82) is 0 Å². The minimum absolute atomic E-state index is 0.0674. The van der Waals surface area contributed by atoms with Gasteiger partial charge in [-0.1, -0.05) is 20.8 Å². The summed E-state index contributed by atoms with van der Waals surface area (Å²) in [5.41, 5.74) is 1.38. The molecule has 1 aromatic carbocycles. The Morgan fingerprint density at radius 2 is 2.00 bits per heavy atom. The largest absolute Gasteiger partial charge is 0.545 e. The molecule has 7 nitrogen and oxygen atoms in total. The zero-order valence-electron chi connectivity index (χ0n) is 18.3. The Balaban J connectivity index is 2.02. The molecule has 156 valence electrons. The lowest BCUT2D eigenvalue weighted by Crippen LogP contribution is -2.44. The van der Waals surface area contributed by atoms with E-state index in [1.807, 2.05) is 43.2 Å². The van der Waals surface area contributed by atoms with Crippen molar-refractivity contribution in [3.63, 3.8) is 0 Å². The number of hydrogen-bond acceptors (Lipinski definition) is 5. The van der Waals surface area contributed by atoms with Gasteiger partial charge in [0.05, 0.1) is 22.7 Å². The fourth-order valence-corrected chi connectivity index (χ4v) is 4.33. The Kier molecular flexibility index (Phi) is 5.33. The molecular formula is C21H30N4O3Si. The van der Waals surface area contributed by atoms with Gasteiger partial charge < -0.3 is 9.33 Å². The highest BCUT2D eigenvalue weighted by Crippen LogP contribution is 2.41. The molecular weight excluding hydrogens is 384 g/mol. The molecule has 0 radical (unpaired) electrons. The fraction of sp³-hybridized carbons (Fsp3) is 0.476. The van der Waals surface area contributed by atoms with Crippen LogP contribution in [-0.2, 0) is 11.0 Å². The summed E-state index contributed by atoms with van der Waals surface area (Å²) in [6.07, 6.45) is 7.50. The molecule has 0 amide bonds. The van der Waals surface area contributed by atoms with Crippen molar-refractivity contribution >= 4 is 30.6 Å². The molecule has 0 spiro atoms. The van der Waals surface area contributed by atoms with Gasteiger partial charge in [-0.2, -0.15) is 5.10 Å². The Hall–Kier alpha value is -2.61. The molecule has 0 fully saturated rings. The summed E-state index contributed by atoms with van der Waals surface area (Å²) in [4.78, 5) is 13.5. The van der Waals surface area contributed by atoms with Gasteiger partial charge in [-0.05, 0) is 50.2 Å². The first-order chi connectivity index (χ1) is 13.5. The van der Waals surface area contributed by atoms with Gasteiger partial charge in [-0.25, -0.2) is 0 Å². The van der Waals surface area contributed by atoms with Crippen LogP contribution in [0, 0.1) is 10.1 Å². The monoisotopic (exact) mass is 414 g/mol. The Morgan fingerprint density at radius 3 is 2.59 bits per heavy atom. The van der Waals surface area contributed by atoms with E-state index in [2.05, 4.69) is 39.0 Å². The van der Waals surface area contributed by atoms with Crippen molar-refractivity contribution < 1.29 is 9.35 Å². The predicted octanol–water partition coefficient (Wildman–Crippen LogP) is 5.59. The maximum atomic E-state index is 11.9. The van der Waals surface area contributed by atoms with Crippen molar-refractivity contribution in [3.05, 3.63) is 52.6 Å². The van der Waals surface area contributed by atoms with E-state index in [0.29, 0.717) is 12.2 Å². The summed E-state index contributed by atoms with van der Waals surface area (Å²) in [5.74, 6) is 0.845. The molecule has 1 aromatic heterocycles. The van der Waals surface area contributed by atoms with Crippen LogP contribution >= 0.6 is 0 Å². The second-order valence-corrected chi connectivity index (χ2v) is 13.7. The number of benzene rings is 1. The van der Waals surface area contributed by atoms with Gasteiger partial charge in [-0.15, -0.1) is 0 Å². The van der Waals surface area contributed by atoms with E-state index < -0.39 is 8.32 Å². The maximum absolute atomic E-state index is 11.9. The Morgan fingerprint density at radius 1 is 1.31 bits per heavy atom. The van der Waals surface area contributed by atoms with Crippen LogP contribution in [0.25, 0.3) is 10.9 Å². The highest BCUT2D eigenvalue weighted by molar-refractivity contribution is 6.74. The van der Waals surface area contributed by atoms with Gasteiger partial charge in [0.25, 0.3) is 5.69 Å². The zero-order chi connectivity index (χ0) is 21.6. The minimum Gasteiger partial charge on any atom is -0.545 e. The topological polar surface area (TPSA) is 73.4 Å². The summed E-state index contributed by atoms with van der Waals surface area (Å²) < 4.78 is 8.31. The lowest BCUT2D eigenvalue weighted by atomic mass is 10.1. The summed E-state index contributed by atoms with van der Waals surface area (Å²) >= 11 is 0. The number of hydrogen-bond donors (Lipinski definition) is 0. The van der Waals surface area contributed by atoms with Crippen molar-refractivity contribution in [2.24, 2.45) is 0 Å². The molecule has 29 heavy (non-hydrogen) atoms. The predicted molar refractivity (Wildman–Crippen MR) is 120 cm³/mol. The van der Waals surface area contributed by atoms with Crippen LogP contribution in [0.3, 0.4) is 0 Å². The minimum atomic E-state index is -2.02. The third kappa shape index (κ3) is 3.81. The van der Waals surface area contributed by atoms with Crippen molar-refractivity contribution in [2.45, 2.75) is 65.3 Å². The lowest BCUT2D eigenvalue weighted by Gasteiger charge is -2.41. The molecule has 1 aliphatic heterocycles. The van der Waals surface area contributed by atoms with Crippen molar-refractivity contribution in [2.75, 3.05) is 4.90 Å². The molecule has 2 heterocycles. The number of aryl methyl sites for hydroxylation is 1. The van der Waals surface area contributed by atoms with E-state index in [9.17, 15) is 10.1 Å². The normalized spacial score (nSPS) is 17.6. The second kappa shape index (κ2) is 7.33. The number of nitro benzene ring substituents is 1. The smallest absolute Gasteiger partial charge is 0.295 e. The Bertz CT molecular complexity index is 1000. The number of fused-ring (bicyclic) bond motifs is 1. The average Bonchev–Trinajstić information content (AvgIpc) is 3.03.